The first-order valence-corrected chi connectivity index (χ1v) is 9.19. The van der Waals surface area contributed by atoms with Crippen LogP contribution in [0.3, 0.4) is 0 Å². The van der Waals surface area contributed by atoms with Crippen molar-refractivity contribution in [3.63, 3.8) is 0 Å². The van der Waals surface area contributed by atoms with Crippen molar-refractivity contribution in [3.05, 3.63) is 23.8 Å². The number of anilines is 1. The number of carbonyl (C=O) groups excluding carboxylic acids is 1. The summed E-state index contributed by atoms with van der Waals surface area (Å²) in [7, 11) is 1.58. The number of halogens is 1. The number of amides is 1. The lowest BCUT2D eigenvalue weighted by atomic mass is 9.93. The average Bonchev–Trinajstić information content (AvgIpc) is 2.61. The molecule has 152 valence electrons. The maximum atomic E-state index is 11.4. The number of carbonyl (C=O) groups is 1. The van der Waals surface area contributed by atoms with Gasteiger partial charge in [0, 0.05) is 19.5 Å². The van der Waals surface area contributed by atoms with Crippen LogP contribution in [0.2, 0.25) is 0 Å². The van der Waals surface area contributed by atoms with Crippen molar-refractivity contribution in [2.75, 3.05) is 19.0 Å². The van der Waals surface area contributed by atoms with E-state index in [0.717, 1.165) is 43.8 Å². The molecule has 1 aliphatic carbocycles. The number of hydrogen-bond acceptors (Lipinski definition) is 4. The second kappa shape index (κ2) is 12.0. The highest BCUT2D eigenvalue weighted by Crippen LogP contribution is 2.25. The Morgan fingerprint density at radius 2 is 2.00 bits per heavy atom. The number of benzene rings is 1. The van der Waals surface area contributed by atoms with Gasteiger partial charge in [-0.2, -0.15) is 0 Å². The minimum absolute atomic E-state index is 0. The molecule has 1 aromatic carbocycles. The highest BCUT2D eigenvalue weighted by molar-refractivity contribution is 14.0. The van der Waals surface area contributed by atoms with Gasteiger partial charge in [0.2, 0.25) is 5.91 Å². The average molecular weight is 490 g/mol. The largest absolute Gasteiger partial charge is 0.495 e. The summed E-state index contributed by atoms with van der Waals surface area (Å²) in [4.78, 5) is 16.0. The number of nitrogens with zero attached hydrogens (tertiary/aromatic N) is 1. The second-order valence-corrected chi connectivity index (χ2v) is 6.56. The molecule has 7 nitrogen and oxygen atoms in total. The molecule has 27 heavy (non-hydrogen) atoms. The number of guanidine groups is 1. The molecule has 0 atom stereocenters. The highest BCUT2D eigenvalue weighted by Gasteiger charge is 2.19. The van der Waals surface area contributed by atoms with Crippen LogP contribution in [0.4, 0.5) is 5.69 Å². The zero-order valence-electron chi connectivity index (χ0n) is 16.2. The molecule has 0 unspecified atom stereocenters. The molecule has 8 heteroatoms. The van der Waals surface area contributed by atoms with Crippen molar-refractivity contribution in [2.24, 2.45) is 4.99 Å². The van der Waals surface area contributed by atoms with E-state index in [1.54, 1.807) is 7.11 Å². The van der Waals surface area contributed by atoms with Gasteiger partial charge in [0.05, 0.1) is 25.4 Å². The van der Waals surface area contributed by atoms with Gasteiger partial charge >= 0.3 is 0 Å². The molecule has 0 radical (unpaired) electrons. The maximum Gasteiger partial charge on any atom is 0.221 e. The van der Waals surface area contributed by atoms with Crippen molar-refractivity contribution in [3.8, 4) is 5.75 Å². The van der Waals surface area contributed by atoms with Gasteiger partial charge in [-0.1, -0.05) is 6.07 Å². The van der Waals surface area contributed by atoms with Crippen molar-refractivity contribution >= 4 is 41.5 Å². The first kappa shape index (κ1) is 23.5. The quantitative estimate of drug-likeness (QED) is 0.280. The zero-order valence-corrected chi connectivity index (χ0v) is 18.6. The molecular weight excluding hydrogens is 459 g/mol. The van der Waals surface area contributed by atoms with Crippen LogP contribution in [0, 0.1) is 0 Å². The maximum absolute atomic E-state index is 11.4. The third-order valence-corrected chi connectivity index (χ3v) is 4.38. The summed E-state index contributed by atoms with van der Waals surface area (Å²) in [6.45, 7) is 4.77. The van der Waals surface area contributed by atoms with Gasteiger partial charge in [0.25, 0.3) is 0 Å². The summed E-state index contributed by atoms with van der Waals surface area (Å²) < 4.78 is 5.28. The second-order valence-electron chi connectivity index (χ2n) is 6.56. The van der Waals surface area contributed by atoms with E-state index in [0.29, 0.717) is 24.0 Å². The smallest absolute Gasteiger partial charge is 0.221 e. The number of rotatable bonds is 6. The first-order valence-electron chi connectivity index (χ1n) is 9.19. The fraction of sp³-hybridized carbons (Fsp3) is 0.579. The predicted molar refractivity (Wildman–Crippen MR) is 119 cm³/mol. The van der Waals surface area contributed by atoms with Gasteiger partial charge < -0.3 is 25.8 Å². The SMILES string of the molecule is CCNC(=NCc1ccc(OC)c(NC(C)=O)c1)NC1CCC(O)CC1.I. The van der Waals surface area contributed by atoms with Crippen molar-refractivity contribution in [2.45, 2.75) is 58.2 Å². The fourth-order valence-corrected chi connectivity index (χ4v) is 3.04. The molecule has 2 rings (SSSR count). The zero-order chi connectivity index (χ0) is 18.9. The summed E-state index contributed by atoms with van der Waals surface area (Å²) in [5.41, 5.74) is 1.62. The van der Waals surface area contributed by atoms with Gasteiger partial charge in [0.1, 0.15) is 5.75 Å². The lowest BCUT2D eigenvalue weighted by Gasteiger charge is -2.27. The van der Waals surface area contributed by atoms with Gasteiger partial charge in [0.15, 0.2) is 5.96 Å². The van der Waals surface area contributed by atoms with Crippen molar-refractivity contribution < 1.29 is 14.6 Å². The molecule has 0 heterocycles. The number of hydrogen-bond donors (Lipinski definition) is 4. The monoisotopic (exact) mass is 490 g/mol. The highest BCUT2D eigenvalue weighted by atomic mass is 127. The van der Waals surface area contributed by atoms with Crippen LogP contribution in [0.25, 0.3) is 0 Å². The molecular formula is C19H31IN4O3. The summed E-state index contributed by atoms with van der Waals surface area (Å²) in [5, 5.41) is 19.1. The number of methoxy groups -OCH3 is 1. The Hall–Kier alpha value is -1.55. The van der Waals surface area contributed by atoms with E-state index in [1.165, 1.54) is 6.92 Å². The molecule has 1 aliphatic rings. The van der Waals surface area contributed by atoms with Crippen molar-refractivity contribution in [1.82, 2.24) is 10.6 Å². The van der Waals surface area contributed by atoms with Crippen LogP contribution in [0.1, 0.15) is 45.1 Å². The van der Waals surface area contributed by atoms with E-state index in [-0.39, 0.29) is 36.0 Å². The number of aliphatic hydroxyl groups is 1. The molecule has 0 aliphatic heterocycles. The number of aliphatic hydroxyl groups excluding tert-OH is 1. The molecule has 0 spiro atoms. The lowest BCUT2D eigenvalue weighted by molar-refractivity contribution is -0.114. The van der Waals surface area contributed by atoms with Gasteiger partial charge in [-0.15, -0.1) is 24.0 Å². The Balaban J connectivity index is 0.00000364. The van der Waals surface area contributed by atoms with Crippen LogP contribution in [0.15, 0.2) is 23.2 Å². The van der Waals surface area contributed by atoms with Crippen LogP contribution in [0.5, 0.6) is 5.75 Å². The summed E-state index contributed by atoms with van der Waals surface area (Å²) in [6, 6.07) is 5.99. The molecule has 1 amide bonds. The van der Waals surface area contributed by atoms with Gasteiger partial charge in [-0.05, 0) is 50.3 Å². The van der Waals surface area contributed by atoms with Crippen LogP contribution < -0.4 is 20.7 Å². The van der Waals surface area contributed by atoms with Crippen LogP contribution >= 0.6 is 24.0 Å². The normalized spacial score (nSPS) is 19.6. The third kappa shape index (κ3) is 7.92. The number of ether oxygens (including phenoxy) is 1. The topological polar surface area (TPSA) is 95.0 Å². The molecule has 0 aromatic heterocycles. The Kier molecular flexibility index (Phi) is 10.5. The van der Waals surface area contributed by atoms with Crippen LogP contribution in [-0.2, 0) is 11.3 Å². The minimum Gasteiger partial charge on any atom is -0.495 e. The van der Waals surface area contributed by atoms with Crippen molar-refractivity contribution in [1.29, 1.82) is 0 Å². The van der Waals surface area contributed by atoms with Crippen LogP contribution in [-0.4, -0.2) is 42.8 Å². The Labute approximate surface area is 178 Å². The Morgan fingerprint density at radius 1 is 1.30 bits per heavy atom. The number of nitrogens with one attached hydrogen (secondary N) is 3. The molecule has 1 saturated carbocycles. The fourth-order valence-electron chi connectivity index (χ4n) is 3.04. The van der Waals surface area contributed by atoms with E-state index in [2.05, 4.69) is 20.9 Å². The van der Waals surface area contributed by atoms with Gasteiger partial charge in [-0.3, -0.25) is 4.79 Å². The van der Waals surface area contributed by atoms with E-state index < -0.39 is 0 Å². The standard InChI is InChI=1S/C19H30N4O3.HI/c1-4-20-19(23-15-6-8-16(25)9-7-15)21-12-14-5-10-18(26-3)17(11-14)22-13(2)24;/h5,10-11,15-16,25H,4,6-9,12H2,1-3H3,(H,22,24)(H2,20,21,23);1H. The van der Waals surface area contributed by atoms with Gasteiger partial charge in [-0.25, -0.2) is 4.99 Å². The van der Waals surface area contributed by atoms with E-state index >= 15 is 0 Å². The van der Waals surface area contributed by atoms with E-state index in [1.807, 2.05) is 25.1 Å². The molecule has 1 fully saturated rings. The molecule has 0 bridgehead atoms. The minimum atomic E-state index is -0.168. The molecule has 1 aromatic rings. The summed E-state index contributed by atoms with van der Waals surface area (Å²) in [5.74, 6) is 1.25. The third-order valence-electron chi connectivity index (χ3n) is 4.38. The molecule has 0 saturated heterocycles. The predicted octanol–water partition coefficient (Wildman–Crippen LogP) is 2.63. The summed E-state index contributed by atoms with van der Waals surface area (Å²) >= 11 is 0. The lowest BCUT2D eigenvalue weighted by Crippen LogP contribution is -2.45. The van der Waals surface area contributed by atoms with E-state index in [9.17, 15) is 9.90 Å². The number of aliphatic imine (C=N–C) groups is 1. The molecule has 4 N–H and O–H groups in total. The summed E-state index contributed by atoms with van der Waals surface area (Å²) in [6.07, 6.45) is 3.38. The first-order chi connectivity index (χ1) is 12.5. The van der Waals surface area contributed by atoms with E-state index in [4.69, 9.17) is 4.74 Å². The Bertz CT molecular complexity index is 631. The Morgan fingerprint density at radius 3 is 2.59 bits per heavy atom.